The molecule has 6 heteroatoms. The number of aryl methyl sites for hydroxylation is 1. The molecular weight excluding hydrogens is 321 g/mol. The third-order valence-corrected chi connectivity index (χ3v) is 3.06. The minimum absolute atomic E-state index is 0.0739. The van der Waals surface area contributed by atoms with Crippen LogP contribution in [-0.4, -0.2) is 0 Å². The Balaban J connectivity index is 2.45. The van der Waals surface area contributed by atoms with Crippen LogP contribution in [-0.2, 0) is 0 Å². The van der Waals surface area contributed by atoms with Gasteiger partial charge in [0.25, 0.3) is 0 Å². The van der Waals surface area contributed by atoms with Gasteiger partial charge in [0, 0.05) is 4.47 Å². The van der Waals surface area contributed by atoms with Crippen molar-refractivity contribution < 1.29 is 13.2 Å². The highest BCUT2D eigenvalue weighted by atomic mass is 79.9. The van der Waals surface area contributed by atoms with Gasteiger partial charge in [-0.15, -0.1) is 0 Å². The Kier molecular flexibility index (Phi) is 3.71. The molecule has 2 aromatic carbocycles. The normalized spacial score (nSPS) is 10.6. The smallest absolute Gasteiger partial charge is 0.150 e. The molecule has 2 rings (SSSR count). The Morgan fingerprint density at radius 2 is 1.58 bits per heavy atom. The first kappa shape index (κ1) is 13.7. The zero-order valence-electron chi connectivity index (χ0n) is 9.90. The molecule has 0 aliphatic rings. The van der Waals surface area contributed by atoms with Gasteiger partial charge in [0.2, 0.25) is 0 Å². The summed E-state index contributed by atoms with van der Waals surface area (Å²) in [7, 11) is 0. The highest BCUT2D eigenvalue weighted by Crippen LogP contribution is 2.30. The quantitative estimate of drug-likeness (QED) is 0.795. The van der Waals surface area contributed by atoms with Gasteiger partial charge in [0.1, 0.15) is 11.5 Å². The van der Waals surface area contributed by atoms with Crippen LogP contribution < -0.4 is 11.1 Å². The number of nitrogen functional groups attached to an aromatic ring is 1. The van der Waals surface area contributed by atoms with Gasteiger partial charge in [-0.3, -0.25) is 0 Å². The third kappa shape index (κ3) is 2.84. The minimum Gasteiger partial charge on any atom is -0.397 e. The van der Waals surface area contributed by atoms with Gasteiger partial charge in [-0.2, -0.15) is 0 Å². The van der Waals surface area contributed by atoms with Crippen molar-refractivity contribution in [2.45, 2.75) is 6.92 Å². The molecule has 0 heterocycles. The van der Waals surface area contributed by atoms with Gasteiger partial charge < -0.3 is 11.1 Å². The van der Waals surface area contributed by atoms with E-state index in [2.05, 4.69) is 21.2 Å². The van der Waals surface area contributed by atoms with E-state index in [1.54, 1.807) is 0 Å². The Morgan fingerprint density at radius 1 is 1.00 bits per heavy atom. The maximum atomic E-state index is 13.7. The Morgan fingerprint density at radius 3 is 2.16 bits per heavy atom. The van der Waals surface area contributed by atoms with E-state index in [-0.39, 0.29) is 21.5 Å². The van der Waals surface area contributed by atoms with Crippen LogP contribution in [0.4, 0.5) is 30.2 Å². The van der Waals surface area contributed by atoms with E-state index in [1.165, 1.54) is 13.0 Å². The summed E-state index contributed by atoms with van der Waals surface area (Å²) in [6.45, 7) is 1.54. The lowest BCUT2D eigenvalue weighted by Crippen LogP contribution is -2.02. The number of hydrogen-bond donors (Lipinski definition) is 2. The van der Waals surface area contributed by atoms with Crippen molar-refractivity contribution >= 4 is 33.0 Å². The van der Waals surface area contributed by atoms with E-state index in [9.17, 15) is 13.2 Å². The number of nitrogens with one attached hydrogen (secondary N) is 1. The molecule has 0 aromatic heterocycles. The second-order valence-electron chi connectivity index (χ2n) is 4.06. The maximum Gasteiger partial charge on any atom is 0.150 e. The van der Waals surface area contributed by atoms with E-state index in [0.29, 0.717) is 5.56 Å². The van der Waals surface area contributed by atoms with Gasteiger partial charge in [-0.05, 0) is 36.8 Å². The number of rotatable bonds is 2. The first-order valence-corrected chi connectivity index (χ1v) is 6.15. The molecule has 2 aromatic rings. The Hall–Kier alpha value is -1.69. The highest BCUT2D eigenvalue weighted by Gasteiger charge is 2.13. The molecule has 0 saturated heterocycles. The average molecular weight is 331 g/mol. The maximum absolute atomic E-state index is 13.7. The van der Waals surface area contributed by atoms with Crippen molar-refractivity contribution in [2.75, 3.05) is 11.1 Å². The van der Waals surface area contributed by atoms with Crippen LogP contribution in [0.25, 0.3) is 0 Å². The predicted octanol–water partition coefficient (Wildman–Crippen LogP) is 4.50. The van der Waals surface area contributed by atoms with E-state index in [4.69, 9.17) is 5.73 Å². The summed E-state index contributed by atoms with van der Waals surface area (Å²) in [5.41, 5.74) is 5.93. The first-order valence-electron chi connectivity index (χ1n) is 5.35. The zero-order valence-corrected chi connectivity index (χ0v) is 11.5. The predicted molar refractivity (Wildman–Crippen MR) is 72.9 cm³/mol. The summed E-state index contributed by atoms with van der Waals surface area (Å²) in [6, 6.07) is 4.74. The molecule has 0 radical (unpaired) electrons. The van der Waals surface area contributed by atoms with Crippen molar-refractivity contribution in [1.29, 1.82) is 0 Å². The van der Waals surface area contributed by atoms with Gasteiger partial charge in [-0.25, -0.2) is 13.2 Å². The molecule has 3 N–H and O–H groups in total. The van der Waals surface area contributed by atoms with Crippen molar-refractivity contribution in [2.24, 2.45) is 0 Å². The summed E-state index contributed by atoms with van der Waals surface area (Å²) in [5, 5.41) is 2.54. The van der Waals surface area contributed by atoms with Gasteiger partial charge in [0.05, 0.1) is 11.4 Å². The third-order valence-electron chi connectivity index (χ3n) is 2.60. The molecule has 0 atom stereocenters. The summed E-state index contributed by atoms with van der Waals surface area (Å²) in [5.74, 6) is -2.01. The van der Waals surface area contributed by atoms with Crippen LogP contribution in [0.3, 0.4) is 0 Å². The Labute approximate surface area is 116 Å². The lowest BCUT2D eigenvalue weighted by atomic mass is 10.1. The highest BCUT2D eigenvalue weighted by molar-refractivity contribution is 9.10. The molecule has 0 saturated carbocycles. The largest absolute Gasteiger partial charge is 0.397 e. The molecule has 2 nitrogen and oxygen atoms in total. The molecule has 100 valence electrons. The molecule has 0 unspecified atom stereocenters. The van der Waals surface area contributed by atoms with Gasteiger partial charge in [0.15, 0.2) is 11.6 Å². The van der Waals surface area contributed by atoms with Crippen molar-refractivity contribution in [3.05, 3.63) is 51.8 Å². The van der Waals surface area contributed by atoms with Crippen LogP contribution >= 0.6 is 15.9 Å². The fourth-order valence-corrected chi connectivity index (χ4v) is 2.00. The second kappa shape index (κ2) is 5.13. The fourth-order valence-electron chi connectivity index (χ4n) is 1.60. The molecule has 0 bridgehead atoms. The summed E-state index contributed by atoms with van der Waals surface area (Å²) < 4.78 is 40.9. The SMILES string of the molecule is Cc1cc(Nc2c(F)cc(Br)cc2F)c(N)cc1F. The lowest BCUT2D eigenvalue weighted by molar-refractivity contribution is 0.589. The summed E-state index contributed by atoms with van der Waals surface area (Å²) >= 11 is 2.99. The minimum atomic E-state index is -0.770. The van der Waals surface area contributed by atoms with E-state index < -0.39 is 17.5 Å². The number of anilines is 3. The number of hydrogen-bond acceptors (Lipinski definition) is 2. The molecule has 0 amide bonds. The molecule has 0 aliphatic heterocycles. The Bertz CT molecular complexity index is 621. The van der Waals surface area contributed by atoms with Crippen LogP contribution in [0.5, 0.6) is 0 Å². The van der Waals surface area contributed by atoms with Gasteiger partial charge in [-0.1, -0.05) is 15.9 Å². The van der Waals surface area contributed by atoms with Crippen LogP contribution in [0, 0.1) is 24.4 Å². The lowest BCUT2D eigenvalue weighted by Gasteiger charge is -2.12. The first-order chi connectivity index (χ1) is 8.88. The van der Waals surface area contributed by atoms with Crippen molar-refractivity contribution in [3.63, 3.8) is 0 Å². The van der Waals surface area contributed by atoms with Crippen LogP contribution in [0.1, 0.15) is 5.56 Å². The van der Waals surface area contributed by atoms with Gasteiger partial charge >= 0.3 is 0 Å². The second-order valence-corrected chi connectivity index (χ2v) is 4.97. The van der Waals surface area contributed by atoms with E-state index >= 15 is 0 Å². The fraction of sp³-hybridized carbons (Fsp3) is 0.0769. The molecule has 0 fully saturated rings. The molecule has 0 spiro atoms. The number of nitrogens with two attached hydrogens (primary N) is 1. The topological polar surface area (TPSA) is 38.0 Å². The molecule has 0 aliphatic carbocycles. The zero-order chi connectivity index (χ0) is 14.2. The van der Waals surface area contributed by atoms with Crippen molar-refractivity contribution in [3.8, 4) is 0 Å². The molecular formula is C13H10BrF3N2. The summed E-state index contributed by atoms with van der Waals surface area (Å²) in [6.07, 6.45) is 0. The van der Waals surface area contributed by atoms with E-state index in [0.717, 1.165) is 18.2 Å². The van der Waals surface area contributed by atoms with Crippen molar-refractivity contribution in [1.82, 2.24) is 0 Å². The summed E-state index contributed by atoms with van der Waals surface area (Å²) in [4.78, 5) is 0. The number of halogens is 4. The van der Waals surface area contributed by atoms with E-state index in [1.807, 2.05) is 0 Å². The average Bonchev–Trinajstić information content (AvgIpc) is 2.29. The molecule has 19 heavy (non-hydrogen) atoms. The van der Waals surface area contributed by atoms with Crippen LogP contribution in [0.15, 0.2) is 28.7 Å². The van der Waals surface area contributed by atoms with Crippen LogP contribution in [0.2, 0.25) is 0 Å². The standard InChI is InChI=1S/C13H10BrF3N2/c1-6-2-12(11(18)5-8(6)15)19-13-9(16)3-7(14)4-10(13)17/h2-5,19H,18H2,1H3. The number of benzene rings is 2. The monoisotopic (exact) mass is 330 g/mol.